The van der Waals surface area contributed by atoms with Gasteiger partial charge >= 0.3 is 0 Å². The van der Waals surface area contributed by atoms with E-state index in [-0.39, 0.29) is 5.91 Å². The van der Waals surface area contributed by atoms with Crippen molar-refractivity contribution in [2.75, 3.05) is 39.0 Å². The summed E-state index contributed by atoms with van der Waals surface area (Å²) in [4.78, 5) is 13.5. The molecule has 1 aromatic rings. The summed E-state index contributed by atoms with van der Waals surface area (Å²) < 4.78 is 4.85. The number of amides is 1. The Morgan fingerprint density at radius 1 is 1.62 bits per heavy atom. The van der Waals surface area contributed by atoms with E-state index < -0.39 is 0 Å². The topological polar surface area (TPSA) is 70.4 Å². The lowest BCUT2D eigenvalue weighted by molar-refractivity contribution is -0.117. The fourth-order valence-corrected chi connectivity index (χ4v) is 1.23. The summed E-state index contributed by atoms with van der Waals surface area (Å²) in [5.41, 5.74) is 0. The molecule has 0 aliphatic carbocycles. The minimum absolute atomic E-state index is 0.0908. The molecule has 6 nitrogen and oxygen atoms in total. The third-order valence-corrected chi connectivity index (χ3v) is 2.05. The Hall–Kier alpha value is -1.40. The van der Waals surface area contributed by atoms with Crippen LogP contribution in [0.15, 0.2) is 10.6 Å². The summed E-state index contributed by atoms with van der Waals surface area (Å²) in [6.45, 7) is 3.80. The van der Waals surface area contributed by atoms with Crippen LogP contribution in [0, 0.1) is 6.92 Å². The van der Waals surface area contributed by atoms with Gasteiger partial charge in [0.25, 0.3) is 0 Å². The monoisotopic (exact) mass is 226 g/mol. The molecular formula is C10H18N4O2. The molecule has 0 saturated carbocycles. The first-order valence-electron chi connectivity index (χ1n) is 5.18. The van der Waals surface area contributed by atoms with Crippen molar-refractivity contribution in [3.8, 4) is 0 Å². The van der Waals surface area contributed by atoms with E-state index in [1.165, 1.54) is 0 Å². The van der Waals surface area contributed by atoms with Crippen LogP contribution < -0.4 is 10.6 Å². The molecule has 0 saturated heterocycles. The number of aryl methyl sites for hydroxylation is 1. The van der Waals surface area contributed by atoms with E-state index in [0.717, 1.165) is 13.1 Å². The van der Waals surface area contributed by atoms with Crippen molar-refractivity contribution in [1.29, 1.82) is 0 Å². The Labute approximate surface area is 95.0 Å². The molecule has 1 aromatic heterocycles. The molecule has 90 valence electrons. The molecule has 0 aliphatic rings. The molecule has 2 N–H and O–H groups in total. The van der Waals surface area contributed by atoms with Crippen LogP contribution in [-0.2, 0) is 4.79 Å². The molecule has 0 spiro atoms. The normalized spacial score (nSPS) is 10.8. The number of likely N-dealkylation sites (N-methyl/N-ethyl adjacent to an activating group) is 2. The highest BCUT2D eigenvalue weighted by atomic mass is 16.5. The molecule has 1 rings (SSSR count). The van der Waals surface area contributed by atoms with E-state index in [0.29, 0.717) is 18.1 Å². The van der Waals surface area contributed by atoms with E-state index in [1.54, 1.807) is 13.0 Å². The van der Waals surface area contributed by atoms with Crippen molar-refractivity contribution < 1.29 is 9.32 Å². The van der Waals surface area contributed by atoms with E-state index in [2.05, 4.69) is 15.8 Å². The molecule has 0 radical (unpaired) electrons. The first-order chi connectivity index (χ1) is 7.61. The zero-order valence-corrected chi connectivity index (χ0v) is 9.91. The summed E-state index contributed by atoms with van der Waals surface area (Å²) in [5, 5.41) is 9.38. The van der Waals surface area contributed by atoms with Gasteiger partial charge in [-0.1, -0.05) is 5.16 Å². The van der Waals surface area contributed by atoms with Crippen LogP contribution in [0.25, 0.3) is 0 Å². The number of carbonyl (C=O) groups excluding carboxylic acids is 1. The van der Waals surface area contributed by atoms with Crippen molar-refractivity contribution >= 4 is 11.7 Å². The second kappa shape index (κ2) is 6.24. The van der Waals surface area contributed by atoms with Gasteiger partial charge in [0.1, 0.15) is 5.76 Å². The highest BCUT2D eigenvalue weighted by molar-refractivity contribution is 5.91. The van der Waals surface area contributed by atoms with Crippen molar-refractivity contribution in [2.24, 2.45) is 0 Å². The maximum atomic E-state index is 11.5. The number of nitrogens with zero attached hydrogens (tertiary/aromatic N) is 2. The third kappa shape index (κ3) is 4.41. The van der Waals surface area contributed by atoms with Crippen LogP contribution >= 0.6 is 0 Å². The SMILES string of the molecule is CNCCN(C)CC(=O)Nc1cc(C)on1. The Morgan fingerprint density at radius 2 is 2.38 bits per heavy atom. The number of rotatable bonds is 6. The predicted octanol–water partition coefficient (Wildman–Crippen LogP) is 0.0727. The summed E-state index contributed by atoms with van der Waals surface area (Å²) in [6.07, 6.45) is 0. The van der Waals surface area contributed by atoms with Gasteiger partial charge in [0.15, 0.2) is 5.82 Å². The second-order valence-electron chi connectivity index (χ2n) is 3.71. The molecule has 1 amide bonds. The van der Waals surface area contributed by atoms with Gasteiger partial charge in [-0.3, -0.25) is 9.69 Å². The number of nitrogens with one attached hydrogen (secondary N) is 2. The van der Waals surface area contributed by atoms with E-state index in [9.17, 15) is 4.79 Å². The van der Waals surface area contributed by atoms with Gasteiger partial charge in [-0.05, 0) is 21.0 Å². The molecule has 0 atom stereocenters. The number of anilines is 1. The number of hydrogen-bond acceptors (Lipinski definition) is 5. The quantitative estimate of drug-likeness (QED) is 0.718. The van der Waals surface area contributed by atoms with Crippen LogP contribution in [0.3, 0.4) is 0 Å². The highest BCUT2D eigenvalue weighted by Crippen LogP contribution is 2.06. The van der Waals surface area contributed by atoms with Gasteiger partial charge in [-0.15, -0.1) is 0 Å². The zero-order chi connectivity index (χ0) is 12.0. The minimum atomic E-state index is -0.0908. The summed E-state index contributed by atoms with van der Waals surface area (Å²) in [6, 6.07) is 1.69. The van der Waals surface area contributed by atoms with Crippen LogP contribution in [0.2, 0.25) is 0 Å². The Bertz CT molecular complexity index is 337. The first-order valence-corrected chi connectivity index (χ1v) is 5.18. The molecule has 0 fully saturated rings. The molecule has 0 unspecified atom stereocenters. The lowest BCUT2D eigenvalue weighted by Crippen LogP contribution is -2.34. The highest BCUT2D eigenvalue weighted by Gasteiger charge is 2.08. The maximum Gasteiger partial charge on any atom is 0.239 e. The Kier molecular flexibility index (Phi) is 4.94. The number of aromatic nitrogens is 1. The van der Waals surface area contributed by atoms with Crippen molar-refractivity contribution in [3.63, 3.8) is 0 Å². The largest absolute Gasteiger partial charge is 0.360 e. The second-order valence-corrected chi connectivity index (χ2v) is 3.71. The van der Waals surface area contributed by atoms with Gasteiger partial charge in [0.05, 0.1) is 6.54 Å². The molecule has 16 heavy (non-hydrogen) atoms. The number of carbonyl (C=O) groups is 1. The van der Waals surface area contributed by atoms with Crippen LogP contribution in [0.1, 0.15) is 5.76 Å². The van der Waals surface area contributed by atoms with Crippen molar-refractivity contribution in [2.45, 2.75) is 6.92 Å². The molecule has 1 heterocycles. The summed E-state index contributed by atoms with van der Waals surface area (Å²) in [5.74, 6) is 1.05. The van der Waals surface area contributed by atoms with E-state index in [1.807, 2.05) is 19.0 Å². The van der Waals surface area contributed by atoms with Gasteiger partial charge in [-0.2, -0.15) is 0 Å². The lowest BCUT2D eigenvalue weighted by atomic mass is 10.4. The standard InChI is InChI=1S/C10H18N4O2/c1-8-6-9(13-16-8)12-10(15)7-14(3)5-4-11-2/h6,11H,4-5,7H2,1-3H3,(H,12,13,15). The fourth-order valence-electron chi connectivity index (χ4n) is 1.23. The van der Waals surface area contributed by atoms with E-state index >= 15 is 0 Å². The lowest BCUT2D eigenvalue weighted by Gasteiger charge is -2.14. The van der Waals surface area contributed by atoms with E-state index in [4.69, 9.17) is 4.52 Å². The van der Waals surface area contributed by atoms with Crippen molar-refractivity contribution in [3.05, 3.63) is 11.8 Å². The van der Waals surface area contributed by atoms with Gasteiger partial charge < -0.3 is 15.2 Å². The molecule has 0 aromatic carbocycles. The Morgan fingerprint density at radius 3 is 2.94 bits per heavy atom. The molecular weight excluding hydrogens is 208 g/mol. The number of hydrogen-bond donors (Lipinski definition) is 2. The average molecular weight is 226 g/mol. The molecule has 0 bridgehead atoms. The predicted molar refractivity (Wildman–Crippen MR) is 61.3 cm³/mol. The van der Waals surface area contributed by atoms with Gasteiger partial charge in [0.2, 0.25) is 5.91 Å². The summed E-state index contributed by atoms with van der Waals surface area (Å²) >= 11 is 0. The minimum Gasteiger partial charge on any atom is -0.360 e. The Balaban J connectivity index is 2.30. The average Bonchev–Trinajstić information content (AvgIpc) is 2.60. The van der Waals surface area contributed by atoms with Crippen LogP contribution in [0.4, 0.5) is 5.82 Å². The van der Waals surface area contributed by atoms with Gasteiger partial charge in [-0.25, -0.2) is 0 Å². The third-order valence-electron chi connectivity index (χ3n) is 2.05. The zero-order valence-electron chi connectivity index (χ0n) is 9.91. The van der Waals surface area contributed by atoms with Crippen LogP contribution in [-0.4, -0.2) is 49.7 Å². The maximum absolute atomic E-state index is 11.5. The van der Waals surface area contributed by atoms with Crippen LogP contribution in [0.5, 0.6) is 0 Å². The smallest absolute Gasteiger partial charge is 0.239 e. The van der Waals surface area contributed by atoms with Gasteiger partial charge in [0, 0.05) is 19.2 Å². The fraction of sp³-hybridized carbons (Fsp3) is 0.600. The summed E-state index contributed by atoms with van der Waals surface area (Å²) in [7, 11) is 3.77. The molecule has 0 aliphatic heterocycles. The molecule has 6 heteroatoms. The van der Waals surface area contributed by atoms with Crippen molar-refractivity contribution in [1.82, 2.24) is 15.4 Å². The first kappa shape index (κ1) is 12.7.